The first kappa shape index (κ1) is 27.0. The van der Waals surface area contributed by atoms with Gasteiger partial charge in [-0.2, -0.15) is 0 Å². The van der Waals surface area contributed by atoms with E-state index < -0.39 is 0 Å². The summed E-state index contributed by atoms with van der Waals surface area (Å²) in [6.07, 6.45) is 16.3. The molecule has 0 aliphatic heterocycles. The van der Waals surface area contributed by atoms with E-state index in [1.165, 1.54) is 87.8 Å². The molecule has 0 saturated heterocycles. The average Bonchev–Trinajstić information content (AvgIpc) is 3.61. The van der Waals surface area contributed by atoms with Crippen LogP contribution in [0.2, 0.25) is 0 Å². The van der Waals surface area contributed by atoms with Crippen LogP contribution in [0.1, 0.15) is 77.0 Å². The molecule has 4 aliphatic carbocycles. The number of benzene rings is 2. The number of aromatic nitrogens is 1. The van der Waals surface area contributed by atoms with Gasteiger partial charge in [-0.25, -0.2) is 0 Å². The van der Waals surface area contributed by atoms with E-state index in [1.54, 1.807) is 0 Å². The number of fused-ring (bicyclic) bond motifs is 2. The molecule has 4 saturated carbocycles. The minimum Gasteiger partial charge on any atom is -0.392 e. The standard InChI is InChI=1S/C18H30O2.C15H10N.Ir/c19-15-14-13(5-11-17(15)7-1-2-8-17)6-12-18(16(14)20)9-3-4-10-18;1-2-7-13(8-3-1)15-14-9-5-4-6-12(14)10-11-16-15;/h13-16,19-20H,1-12H2;1-7,9-11H;/q;-1;. The second-order valence-electron chi connectivity index (χ2n) is 12.1. The van der Waals surface area contributed by atoms with Gasteiger partial charge in [0.2, 0.25) is 0 Å². The van der Waals surface area contributed by atoms with Crippen LogP contribution in [0, 0.1) is 28.7 Å². The van der Waals surface area contributed by atoms with Gasteiger partial charge in [-0.15, -0.1) is 35.9 Å². The summed E-state index contributed by atoms with van der Waals surface area (Å²) < 4.78 is 0. The molecule has 199 valence electrons. The van der Waals surface area contributed by atoms with Crippen molar-refractivity contribution >= 4 is 10.8 Å². The summed E-state index contributed by atoms with van der Waals surface area (Å²) in [5, 5.41) is 24.6. The van der Waals surface area contributed by atoms with Gasteiger partial charge in [-0.3, -0.25) is 0 Å². The second kappa shape index (κ2) is 11.3. The first-order chi connectivity index (χ1) is 17.6. The largest absolute Gasteiger partial charge is 0.392 e. The van der Waals surface area contributed by atoms with Gasteiger partial charge in [-0.05, 0) is 90.6 Å². The number of hydrogen-bond acceptors (Lipinski definition) is 3. The molecule has 1 aromatic heterocycles. The van der Waals surface area contributed by atoms with E-state index in [4.69, 9.17) is 0 Å². The fourth-order valence-electron chi connectivity index (χ4n) is 8.40. The molecule has 0 bridgehead atoms. The zero-order valence-corrected chi connectivity index (χ0v) is 24.1. The van der Waals surface area contributed by atoms with E-state index in [0.29, 0.717) is 5.92 Å². The van der Waals surface area contributed by atoms with Crippen LogP contribution in [-0.4, -0.2) is 27.4 Å². The molecule has 3 aromatic rings. The molecule has 2 unspecified atom stereocenters. The van der Waals surface area contributed by atoms with Crippen molar-refractivity contribution < 1.29 is 30.3 Å². The number of hydrogen-bond donors (Lipinski definition) is 2. The van der Waals surface area contributed by atoms with Gasteiger partial charge < -0.3 is 15.2 Å². The molecule has 37 heavy (non-hydrogen) atoms. The number of pyridine rings is 1. The van der Waals surface area contributed by atoms with E-state index >= 15 is 0 Å². The normalized spacial score (nSPS) is 29.4. The molecule has 2 N–H and O–H groups in total. The van der Waals surface area contributed by atoms with Crippen LogP contribution in [0.25, 0.3) is 22.0 Å². The summed E-state index contributed by atoms with van der Waals surface area (Å²) in [5.74, 6) is 0.783. The SMILES string of the molecule is OC1C2C(CCC13CCCC3)CCC1(CCCC1)C2O.[Ir].[c-]1ccccc1-c1nccc2ccccc12. The van der Waals surface area contributed by atoms with Gasteiger partial charge in [0.25, 0.3) is 0 Å². The van der Waals surface area contributed by atoms with Crippen molar-refractivity contribution in [2.75, 3.05) is 0 Å². The smallest absolute Gasteiger partial charge is 0.0652 e. The fraction of sp³-hybridized carbons (Fsp3) is 0.545. The monoisotopic (exact) mass is 675 g/mol. The molecule has 7 rings (SSSR count). The molecule has 0 amide bonds. The second-order valence-corrected chi connectivity index (χ2v) is 12.1. The Balaban J connectivity index is 0.000000151. The zero-order valence-electron chi connectivity index (χ0n) is 21.7. The Kier molecular flexibility index (Phi) is 8.22. The summed E-state index contributed by atoms with van der Waals surface area (Å²) in [4.78, 5) is 4.45. The van der Waals surface area contributed by atoms with Crippen LogP contribution < -0.4 is 0 Å². The van der Waals surface area contributed by atoms with E-state index in [1.807, 2.05) is 48.7 Å². The molecule has 2 aromatic carbocycles. The Morgan fingerprint density at radius 3 is 1.92 bits per heavy atom. The molecule has 1 radical (unpaired) electrons. The Labute approximate surface area is 235 Å². The van der Waals surface area contributed by atoms with Crippen molar-refractivity contribution in [1.29, 1.82) is 0 Å². The van der Waals surface area contributed by atoms with Crippen LogP contribution >= 0.6 is 0 Å². The predicted octanol–water partition coefficient (Wildman–Crippen LogP) is 7.35. The van der Waals surface area contributed by atoms with Crippen LogP contribution in [0.3, 0.4) is 0 Å². The first-order valence-corrected chi connectivity index (χ1v) is 14.3. The number of aliphatic hydroxyl groups excluding tert-OH is 2. The van der Waals surface area contributed by atoms with Crippen molar-refractivity contribution in [2.45, 2.75) is 89.3 Å². The summed E-state index contributed by atoms with van der Waals surface area (Å²) >= 11 is 0. The fourth-order valence-corrected chi connectivity index (χ4v) is 8.40. The molecular formula is C33H40IrNO2-. The third-order valence-corrected chi connectivity index (χ3v) is 10.4. The zero-order chi connectivity index (χ0) is 24.6. The van der Waals surface area contributed by atoms with Gasteiger partial charge in [0.15, 0.2) is 0 Å². The molecule has 2 spiro atoms. The Morgan fingerprint density at radius 1 is 0.730 bits per heavy atom. The molecule has 2 atom stereocenters. The van der Waals surface area contributed by atoms with Crippen molar-refractivity contribution in [2.24, 2.45) is 22.7 Å². The summed E-state index contributed by atoms with van der Waals surface area (Å²) in [6.45, 7) is 0. The molecule has 4 aliphatic rings. The van der Waals surface area contributed by atoms with Crippen molar-refractivity contribution in [3.8, 4) is 11.3 Å². The van der Waals surface area contributed by atoms with Crippen LogP contribution in [0.15, 0.2) is 60.8 Å². The van der Waals surface area contributed by atoms with Gasteiger partial charge in [0, 0.05) is 32.2 Å². The third kappa shape index (κ3) is 4.96. The van der Waals surface area contributed by atoms with E-state index in [2.05, 4.69) is 23.2 Å². The van der Waals surface area contributed by atoms with Crippen molar-refractivity contribution in [3.05, 3.63) is 66.9 Å². The number of aliphatic hydroxyl groups is 2. The Morgan fingerprint density at radius 2 is 1.32 bits per heavy atom. The summed E-state index contributed by atoms with van der Waals surface area (Å²) in [7, 11) is 0. The van der Waals surface area contributed by atoms with Gasteiger partial charge in [0.05, 0.1) is 12.2 Å². The van der Waals surface area contributed by atoms with E-state index in [9.17, 15) is 10.2 Å². The maximum Gasteiger partial charge on any atom is 0.0652 e. The quantitative estimate of drug-likeness (QED) is 0.266. The molecule has 3 nitrogen and oxygen atoms in total. The average molecular weight is 675 g/mol. The Bertz CT molecular complexity index is 1130. The summed E-state index contributed by atoms with van der Waals surface area (Å²) in [6, 6.07) is 21.4. The van der Waals surface area contributed by atoms with E-state index in [-0.39, 0.29) is 49.1 Å². The molecule has 1 heterocycles. The van der Waals surface area contributed by atoms with Crippen LogP contribution in [-0.2, 0) is 20.1 Å². The van der Waals surface area contributed by atoms with Gasteiger partial charge in [-0.1, -0.05) is 49.9 Å². The van der Waals surface area contributed by atoms with Crippen LogP contribution in [0.5, 0.6) is 0 Å². The van der Waals surface area contributed by atoms with Gasteiger partial charge >= 0.3 is 0 Å². The molecular weight excluding hydrogens is 635 g/mol. The molecule has 4 fully saturated rings. The Hall–Kier alpha value is -1.58. The van der Waals surface area contributed by atoms with Crippen LogP contribution in [0.4, 0.5) is 0 Å². The minimum atomic E-state index is -0.225. The first-order valence-electron chi connectivity index (χ1n) is 14.3. The number of nitrogens with zero attached hydrogens (tertiary/aromatic N) is 1. The van der Waals surface area contributed by atoms with Crippen molar-refractivity contribution in [1.82, 2.24) is 4.98 Å². The van der Waals surface area contributed by atoms with Gasteiger partial charge in [0.1, 0.15) is 0 Å². The summed E-state index contributed by atoms with van der Waals surface area (Å²) in [5.41, 5.74) is 2.40. The van der Waals surface area contributed by atoms with Crippen molar-refractivity contribution in [3.63, 3.8) is 0 Å². The minimum absolute atomic E-state index is 0. The molecule has 4 heteroatoms. The predicted molar refractivity (Wildman–Crippen MR) is 145 cm³/mol. The number of rotatable bonds is 1. The third-order valence-electron chi connectivity index (χ3n) is 10.4. The van der Waals surface area contributed by atoms with E-state index in [0.717, 1.165) is 11.3 Å². The maximum absolute atomic E-state index is 11.1. The maximum atomic E-state index is 11.1. The topological polar surface area (TPSA) is 53.4 Å².